The maximum absolute atomic E-state index is 13.1. The highest BCUT2D eigenvalue weighted by Crippen LogP contribution is 2.27. The Kier molecular flexibility index (Phi) is 4.60. The van der Waals surface area contributed by atoms with Gasteiger partial charge in [-0.2, -0.15) is 0 Å². The molecule has 1 aliphatic carbocycles. The third-order valence-electron chi connectivity index (χ3n) is 5.39. The van der Waals surface area contributed by atoms with Gasteiger partial charge in [0.25, 0.3) is 11.5 Å². The zero-order valence-electron chi connectivity index (χ0n) is 14.7. The molecule has 134 valence electrons. The van der Waals surface area contributed by atoms with Crippen molar-refractivity contribution in [1.82, 2.24) is 19.2 Å². The fraction of sp³-hybridized carbons (Fsp3) is 0.611. The molecule has 0 atom stereocenters. The second-order valence-corrected chi connectivity index (χ2v) is 7.92. The molecular weight excluding hydrogens is 336 g/mol. The molecule has 25 heavy (non-hydrogen) atoms. The van der Waals surface area contributed by atoms with E-state index in [2.05, 4.69) is 16.8 Å². The molecule has 0 bridgehead atoms. The van der Waals surface area contributed by atoms with Crippen LogP contribution in [-0.4, -0.2) is 57.8 Å². The molecule has 7 heteroatoms. The van der Waals surface area contributed by atoms with Gasteiger partial charge in [0.15, 0.2) is 4.96 Å². The Hall–Kier alpha value is -1.73. The molecule has 0 aromatic carbocycles. The number of amides is 1. The number of hydrogen-bond acceptors (Lipinski definition) is 5. The number of fused-ring (bicyclic) bond motifs is 3. The standard InChI is InChI=1S/C18H24N4O2S/c1-2-20-8-10-21(11-9-20)16(23)13-12-19-18-22(17(13)24)14-6-4-3-5-7-15(14)25-18/h12H,2-11H2,1H3. The Morgan fingerprint density at radius 2 is 1.92 bits per heavy atom. The predicted octanol–water partition coefficient (Wildman–Crippen LogP) is 1.80. The Labute approximate surface area is 151 Å². The van der Waals surface area contributed by atoms with E-state index in [0.717, 1.165) is 49.6 Å². The van der Waals surface area contributed by atoms with Gasteiger partial charge >= 0.3 is 0 Å². The van der Waals surface area contributed by atoms with Crippen molar-refractivity contribution in [3.8, 4) is 0 Å². The van der Waals surface area contributed by atoms with Crippen LogP contribution in [0, 0.1) is 0 Å². The van der Waals surface area contributed by atoms with Crippen molar-refractivity contribution in [1.29, 1.82) is 0 Å². The number of hydrogen-bond donors (Lipinski definition) is 0. The number of aryl methyl sites for hydroxylation is 2. The highest BCUT2D eigenvalue weighted by atomic mass is 32.1. The van der Waals surface area contributed by atoms with Gasteiger partial charge in [-0.05, 0) is 32.2 Å². The lowest BCUT2D eigenvalue weighted by Crippen LogP contribution is -2.49. The number of nitrogens with zero attached hydrogens (tertiary/aromatic N) is 4. The van der Waals surface area contributed by atoms with Crippen LogP contribution < -0.4 is 5.56 Å². The molecular formula is C18H24N4O2S. The minimum absolute atomic E-state index is 0.170. The van der Waals surface area contributed by atoms with Crippen LogP contribution >= 0.6 is 11.3 Å². The molecule has 0 saturated carbocycles. The number of carbonyl (C=O) groups excluding carboxylic acids is 1. The Morgan fingerprint density at radius 1 is 1.16 bits per heavy atom. The summed E-state index contributed by atoms with van der Waals surface area (Å²) in [5.41, 5.74) is 1.11. The molecule has 2 aliphatic rings. The average molecular weight is 360 g/mol. The molecule has 1 fully saturated rings. The second kappa shape index (κ2) is 6.88. The fourth-order valence-electron chi connectivity index (χ4n) is 3.83. The monoisotopic (exact) mass is 360 g/mol. The molecule has 3 heterocycles. The van der Waals surface area contributed by atoms with Gasteiger partial charge in [0, 0.05) is 42.9 Å². The maximum atomic E-state index is 13.1. The van der Waals surface area contributed by atoms with Gasteiger partial charge < -0.3 is 9.80 Å². The van der Waals surface area contributed by atoms with E-state index in [1.807, 2.05) is 0 Å². The maximum Gasteiger partial charge on any atom is 0.271 e. The summed E-state index contributed by atoms with van der Waals surface area (Å²) in [6.45, 7) is 6.22. The van der Waals surface area contributed by atoms with Crippen LogP contribution in [0.15, 0.2) is 11.0 Å². The van der Waals surface area contributed by atoms with Crippen LogP contribution in [0.5, 0.6) is 0 Å². The van der Waals surface area contributed by atoms with E-state index in [1.54, 1.807) is 20.6 Å². The number of likely N-dealkylation sites (N-methyl/N-ethyl adjacent to an activating group) is 1. The lowest BCUT2D eigenvalue weighted by Gasteiger charge is -2.33. The van der Waals surface area contributed by atoms with Crippen molar-refractivity contribution >= 4 is 22.2 Å². The molecule has 1 saturated heterocycles. The van der Waals surface area contributed by atoms with Crippen LogP contribution in [0.4, 0.5) is 0 Å². The lowest BCUT2D eigenvalue weighted by atomic mass is 10.2. The number of piperazine rings is 1. The number of carbonyl (C=O) groups is 1. The Morgan fingerprint density at radius 3 is 2.68 bits per heavy atom. The Balaban J connectivity index is 1.68. The first-order valence-corrected chi connectivity index (χ1v) is 10.0. The number of rotatable bonds is 2. The van der Waals surface area contributed by atoms with Gasteiger partial charge in [-0.15, -0.1) is 11.3 Å². The molecule has 2 aromatic heterocycles. The van der Waals surface area contributed by atoms with E-state index in [0.29, 0.717) is 13.1 Å². The predicted molar refractivity (Wildman–Crippen MR) is 98.6 cm³/mol. The van der Waals surface area contributed by atoms with E-state index in [4.69, 9.17) is 0 Å². The molecule has 1 aliphatic heterocycles. The third-order valence-corrected chi connectivity index (χ3v) is 6.55. The summed E-state index contributed by atoms with van der Waals surface area (Å²) < 4.78 is 1.71. The first-order valence-electron chi connectivity index (χ1n) is 9.23. The summed E-state index contributed by atoms with van der Waals surface area (Å²) in [5.74, 6) is -0.170. The summed E-state index contributed by atoms with van der Waals surface area (Å²) in [7, 11) is 0. The largest absolute Gasteiger partial charge is 0.336 e. The summed E-state index contributed by atoms with van der Waals surface area (Å²) in [5, 5.41) is 0. The molecule has 0 N–H and O–H groups in total. The smallest absolute Gasteiger partial charge is 0.271 e. The van der Waals surface area contributed by atoms with Crippen molar-refractivity contribution < 1.29 is 4.79 Å². The Bertz CT molecular complexity index is 849. The summed E-state index contributed by atoms with van der Waals surface area (Å²) in [4.78, 5) is 36.5. The van der Waals surface area contributed by atoms with Crippen molar-refractivity contribution in [2.24, 2.45) is 0 Å². The summed E-state index contributed by atoms with van der Waals surface area (Å²) in [6, 6.07) is 0. The SMILES string of the molecule is CCN1CCN(C(=O)c2cnc3sc4c(n3c2=O)CCCCC4)CC1. The molecule has 6 nitrogen and oxygen atoms in total. The van der Waals surface area contributed by atoms with Crippen molar-refractivity contribution in [3.63, 3.8) is 0 Å². The van der Waals surface area contributed by atoms with Crippen molar-refractivity contribution in [2.75, 3.05) is 32.7 Å². The molecule has 4 rings (SSSR count). The van der Waals surface area contributed by atoms with Gasteiger partial charge in [0.2, 0.25) is 0 Å². The first-order chi connectivity index (χ1) is 12.2. The lowest BCUT2D eigenvalue weighted by molar-refractivity contribution is 0.0641. The second-order valence-electron chi connectivity index (χ2n) is 6.85. The average Bonchev–Trinajstić information content (AvgIpc) is 2.84. The molecule has 0 radical (unpaired) electrons. The minimum Gasteiger partial charge on any atom is -0.336 e. The zero-order valence-corrected chi connectivity index (χ0v) is 15.5. The van der Waals surface area contributed by atoms with E-state index in [-0.39, 0.29) is 17.0 Å². The van der Waals surface area contributed by atoms with Crippen molar-refractivity contribution in [3.05, 3.63) is 32.7 Å². The van der Waals surface area contributed by atoms with Gasteiger partial charge in [-0.25, -0.2) is 4.98 Å². The summed E-state index contributed by atoms with van der Waals surface area (Å²) in [6.07, 6.45) is 6.88. The van der Waals surface area contributed by atoms with Crippen LogP contribution in [-0.2, 0) is 12.8 Å². The van der Waals surface area contributed by atoms with Crippen LogP contribution in [0.3, 0.4) is 0 Å². The van der Waals surface area contributed by atoms with Gasteiger partial charge in [0.05, 0.1) is 0 Å². The number of thiazole rings is 1. The van der Waals surface area contributed by atoms with Crippen LogP contribution in [0.25, 0.3) is 4.96 Å². The summed E-state index contributed by atoms with van der Waals surface area (Å²) >= 11 is 1.61. The molecule has 1 amide bonds. The zero-order chi connectivity index (χ0) is 17.4. The van der Waals surface area contributed by atoms with E-state index < -0.39 is 0 Å². The quantitative estimate of drug-likeness (QED) is 0.767. The van der Waals surface area contributed by atoms with E-state index in [1.165, 1.54) is 23.9 Å². The topological polar surface area (TPSA) is 57.9 Å². The van der Waals surface area contributed by atoms with Crippen LogP contribution in [0.1, 0.15) is 47.1 Å². The fourth-order valence-corrected chi connectivity index (χ4v) is 5.00. The van der Waals surface area contributed by atoms with Crippen molar-refractivity contribution in [2.45, 2.75) is 39.0 Å². The highest BCUT2D eigenvalue weighted by Gasteiger charge is 2.26. The van der Waals surface area contributed by atoms with Gasteiger partial charge in [-0.3, -0.25) is 14.0 Å². The van der Waals surface area contributed by atoms with E-state index in [9.17, 15) is 9.59 Å². The highest BCUT2D eigenvalue weighted by molar-refractivity contribution is 7.17. The first kappa shape index (κ1) is 16.7. The van der Waals surface area contributed by atoms with E-state index >= 15 is 0 Å². The normalized spacial score (nSPS) is 19.0. The van der Waals surface area contributed by atoms with Crippen LogP contribution in [0.2, 0.25) is 0 Å². The third kappa shape index (κ3) is 3.00. The number of aromatic nitrogens is 2. The van der Waals surface area contributed by atoms with Gasteiger partial charge in [-0.1, -0.05) is 13.3 Å². The van der Waals surface area contributed by atoms with Gasteiger partial charge in [0.1, 0.15) is 5.56 Å². The minimum atomic E-state index is -0.188. The molecule has 0 spiro atoms. The molecule has 2 aromatic rings. The molecule has 0 unspecified atom stereocenters.